The number of aromatic nitrogens is 1. The first-order valence-electron chi connectivity index (χ1n) is 7.55. The van der Waals surface area contributed by atoms with E-state index in [4.69, 9.17) is 11.6 Å². The minimum absolute atomic E-state index is 0.305. The van der Waals surface area contributed by atoms with Crippen LogP contribution in [0.4, 0.5) is 0 Å². The van der Waals surface area contributed by atoms with E-state index in [0.29, 0.717) is 18.6 Å². The van der Waals surface area contributed by atoms with E-state index in [1.165, 1.54) is 5.56 Å². The second kappa shape index (κ2) is 6.30. The van der Waals surface area contributed by atoms with Crippen LogP contribution in [0, 0.1) is 5.92 Å². The molecule has 1 saturated heterocycles. The zero-order valence-electron chi connectivity index (χ0n) is 12.3. The molecule has 1 N–H and O–H groups in total. The van der Waals surface area contributed by atoms with Gasteiger partial charge in [0.1, 0.15) is 0 Å². The van der Waals surface area contributed by atoms with Gasteiger partial charge in [-0.25, -0.2) is 0 Å². The van der Waals surface area contributed by atoms with Crippen LogP contribution in [0.25, 0.3) is 10.9 Å². The van der Waals surface area contributed by atoms with E-state index in [1.54, 1.807) is 0 Å². The van der Waals surface area contributed by atoms with E-state index in [-0.39, 0.29) is 0 Å². The number of benzene rings is 1. The number of hydrogen-bond acceptors (Lipinski definition) is 3. The normalized spacial score (nSPS) is 23.6. The molecule has 2 atom stereocenters. The zero-order valence-corrected chi connectivity index (χ0v) is 13.1. The second-order valence-electron chi connectivity index (χ2n) is 6.03. The van der Waals surface area contributed by atoms with Gasteiger partial charge in [0.15, 0.2) is 0 Å². The molecule has 4 heteroatoms. The molecule has 0 unspecified atom stereocenters. The van der Waals surface area contributed by atoms with Gasteiger partial charge in [0.25, 0.3) is 0 Å². The highest BCUT2D eigenvalue weighted by Crippen LogP contribution is 2.27. The lowest BCUT2D eigenvalue weighted by Gasteiger charge is -2.37. The van der Waals surface area contributed by atoms with Crippen molar-refractivity contribution in [3.05, 3.63) is 41.0 Å². The molecular formula is C17H21ClN2O. The number of fused-ring (bicyclic) bond motifs is 1. The molecule has 0 aliphatic carbocycles. The van der Waals surface area contributed by atoms with E-state index >= 15 is 0 Å². The highest BCUT2D eigenvalue weighted by atomic mass is 35.5. The van der Waals surface area contributed by atoms with Gasteiger partial charge in [0.05, 0.1) is 5.52 Å². The van der Waals surface area contributed by atoms with Gasteiger partial charge < -0.3 is 5.11 Å². The number of nitrogens with zero attached hydrogens (tertiary/aromatic N) is 2. The Bertz CT molecular complexity index is 631. The maximum absolute atomic E-state index is 9.32. The molecule has 1 aliphatic heterocycles. The molecular weight excluding hydrogens is 284 g/mol. The average Bonchev–Trinajstić information content (AvgIpc) is 2.49. The minimum atomic E-state index is 0.305. The first-order valence-corrected chi connectivity index (χ1v) is 7.93. The van der Waals surface area contributed by atoms with Gasteiger partial charge in [0.2, 0.25) is 0 Å². The Labute approximate surface area is 130 Å². The number of rotatable bonds is 3. The van der Waals surface area contributed by atoms with Crippen molar-refractivity contribution in [2.45, 2.75) is 32.4 Å². The average molecular weight is 305 g/mol. The van der Waals surface area contributed by atoms with Crippen LogP contribution in [0.3, 0.4) is 0 Å². The zero-order chi connectivity index (χ0) is 14.8. The number of piperidine rings is 1. The number of halogens is 1. The van der Waals surface area contributed by atoms with Crippen molar-refractivity contribution < 1.29 is 5.11 Å². The molecule has 0 spiro atoms. The molecule has 21 heavy (non-hydrogen) atoms. The molecule has 0 amide bonds. The number of pyridine rings is 1. The summed E-state index contributed by atoms with van der Waals surface area (Å²) in [5.74, 6) is 0.450. The van der Waals surface area contributed by atoms with Crippen molar-refractivity contribution in [1.82, 2.24) is 9.88 Å². The van der Waals surface area contributed by atoms with E-state index in [1.807, 2.05) is 24.4 Å². The molecule has 1 fully saturated rings. The molecule has 1 aromatic heterocycles. The lowest BCUT2D eigenvalue weighted by Crippen LogP contribution is -2.41. The summed E-state index contributed by atoms with van der Waals surface area (Å²) in [6.07, 6.45) is 3.95. The summed E-state index contributed by atoms with van der Waals surface area (Å²) in [5, 5.41) is 11.2. The third-order valence-electron chi connectivity index (χ3n) is 4.50. The summed E-state index contributed by atoms with van der Waals surface area (Å²) < 4.78 is 0. The number of aliphatic hydroxyl groups excluding tert-OH is 1. The lowest BCUT2D eigenvalue weighted by atomic mass is 9.92. The quantitative estimate of drug-likeness (QED) is 0.943. The Morgan fingerprint density at radius 1 is 1.43 bits per heavy atom. The predicted molar refractivity (Wildman–Crippen MR) is 86.4 cm³/mol. The van der Waals surface area contributed by atoms with Crippen molar-refractivity contribution in [2.75, 3.05) is 13.2 Å². The summed E-state index contributed by atoms with van der Waals surface area (Å²) in [5.41, 5.74) is 2.23. The van der Waals surface area contributed by atoms with E-state index < -0.39 is 0 Å². The van der Waals surface area contributed by atoms with Gasteiger partial charge in [-0.1, -0.05) is 17.7 Å². The number of hydrogen-bond donors (Lipinski definition) is 1. The molecule has 2 heterocycles. The van der Waals surface area contributed by atoms with Crippen molar-refractivity contribution in [3.8, 4) is 0 Å². The van der Waals surface area contributed by atoms with Crippen LogP contribution in [0.15, 0.2) is 30.5 Å². The maximum atomic E-state index is 9.32. The van der Waals surface area contributed by atoms with Gasteiger partial charge in [-0.05, 0) is 56.0 Å². The molecule has 112 valence electrons. The van der Waals surface area contributed by atoms with Crippen LogP contribution in [0.1, 0.15) is 25.3 Å². The van der Waals surface area contributed by atoms with E-state index in [2.05, 4.69) is 22.9 Å². The van der Waals surface area contributed by atoms with Crippen LogP contribution < -0.4 is 0 Å². The minimum Gasteiger partial charge on any atom is -0.396 e. The highest BCUT2D eigenvalue weighted by molar-refractivity contribution is 6.31. The van der Waals surface area contributed by atoms with Crippen molar-refractivity contribution >= 4 is 22.5 Å². The molecule has 1 aromatic carbocycles. The van der Waals surface area contributed by atoms with Gasteiger partial charge in [0, 0.05) is 35.8 Å². The number of aliphatic hydroxyl groups is 1. The summed E-state index contributed by atoms with van der Waals surface area (Å²) in [6, 6.07) is 8.47. The van der Waals surface area contributed by atoms with Gasteiger partial charge in [-0.2, -0.15) is 0 Å². The van der Waals surface area contributed by atoms with Gasteiger partial charge in [-0.3, -0.25) is 9.88 Å². The Morgan fingerprint density at radius 3 is 3.05 bits per heavy atom. The van der Waals surface area contributed by atoms with Gasteiger partial charge in [-0.15, -0.1) is 0 Å². The summed E-state index contributed by atoms with van der Waals surface area (Å²) in [4.78, 5) is 6.98. The third-order valence-corrected chi connectivity index (χ3v) is 4.72. The SMILES string of the molecule is C[C@H]1C[C@@H](CO)CCN1Cc1cc(Cl)cc2cccnc12. The van der Waals surface area contributed by atoms with Crippen molar-refractivity contribution in [2.24, 2.45) is 5.92 Å². The molecule has 3 nitrogen and oxygen atoms in total. The molecule has 1 aliphatic rings. The lowest BCUT2D eigenvalue weighted by molar-refractivity contribution is 0.0842. The Kier molecular flexibility index (Phi) is 4.43. The topological polar surface area (TPSA) is 36.4 Å². The molecule has 2 aromatic rings. The van der Waals surface area contributed by atoms with Crippen LogP contribution in [0.2, 0.25) is 5.02 Å². The van der Waals surface area contributed by atoms with Crippen LogP contribution in [-0.4, -0.2) is 34.2 Å². The van der Waals surface area contributed by atoms with E-state index in [9.17, 15) is 5.11 Å². The molecule has 3 rings (SSSR count). The van der Waals surface area contributed by atoms with E-state index in [0.717, 1.165) is 41.9 Å². The first kappa shape index (κ1) is 14.8. The molecule has 0 saturated carbocycles. The maximum Gasteiger partial charge on any atom is 0.0747 e. The highest BCUT2D eigenvalue weighted by Gasteiger charge is 2.25. The Hall–Kier alpha value is -1.16. The van der Waals surface area contributed by atoms with Crippen molar-refractivity contribution in [1.29, 1.82) is 0 Å². The third kappa shape index (κ3) is 3.20. The summed E-state index contributed by atoms with van der Waals surface area (Å²) >= 11 is 6.24. The molecule has 0 radical (unpaired) electrons. The van der Waals surface area contributed by atoms with Crippen LogP contribution in [-0.2, 0) is 6.54 Å². The summed E-state index contributed by atoms with van der Waals surface area (Å²) in [7, 11) is 0. The Morgan fingerprint density at radius 2 is 2.29 bits per heavy atom. The fourth-order valence-electron chi connectivity index (χ4n) is 3.29. The first-order chi connectivity index (χ1) is 10.2. The second-order valence-corrected chi connectivity index (χ2v) is 6.47. The predicted octanol–water partition coefficient (Wildman–Crippen LogP) is 3.48. The number of likely N-dealkylation sites (tertiary alicyclic amines) is 1. The standard InChI is InChI=1S/C17H21ClN2O/c1-12-7-13(11-21)4-6-20(12)10-15-9-16(18)8-14-3-2-5-19-17(14)15/h2-3,5,8-9,12-13,21H,4,6-7,10-11H2,1H3/t12-,13-/m0/s1. The molecule has 0 bridgehead atoms. The van der Waals surface area contributed by atoms with Crippen LogP contribution >= 0.6 is 11.6 Å². The van der Waals surface area contributed by atoms with Crippen molar-refractivity contribution in [3.63, 3.8) is 0 Å². The summed E-state index contributed by atoms with van der Waals surface area (Å²) in [6.45, 7) is 4.43. The fraction of sp³-hybridized carbons (Fsp3) is 0.471. The van der Waals surface area contributed by atoms with Crippen LogP contribution in [0.5, 0.6) is 0 Å². The largest absolute Gasteiger partial charge is 0.396 e. The fourth-order valence-corrected chi connectivity index (χ4v) is 3.53. The monoisotopic (exact) mass is 304 g/mol. The van der Waals surface area contributed by atoms with Gasteiger partial charge >= 0.3 is 0 Å². The smallest absolute Gasteiger partial charge is 0.0747 e. The Balaban J connectivity index is 1.85.